The highest BCUT2D eigenvalue weighted by atomic mass is 35.5. The lowest BCUT2D eigenvalue weighted by Crippen LogP contribution is -1.99. The van der Waals surface area contributed by atoms with Crippen LogP contribution in [0, 0.1) is 0 Å². The minimum atomic E-state index is 0.0569. The fraction of sp³-hybridized carbons (Fsp3) is 0.200. The molecule has 0 spiro atoms. The average Bonchev–Trinajstić information content (AvgIpc) is 2.64. The molecule has 84 valence electrons. The van der Waals surface area contributed by atoms with Gasteiger partial charge in [0, 0.05) is 19.7 Å². The molecule has 0 radical (unpaired) electrons. The molecule has 0 atom stereocenters. The molecule has 2 aromatic rings. The lowest BCUT2D eigenvalue weighted by Gasteiger charge is -2.04. The maximum absolute atomic E-state index is 9.32. The molecule has 0 aliphatic rings. The number of rotatable bonds is 2. The van der Waals surface area contributed by atoms with Gasteiger partial charge in [0.25, 0.3) is 0 Å². The highest BCUT2D eigenvalue weighted by molar-refractivity contribution is 6.32. The van der Waals surface area contributed by atoms with E-state index in [-0.39, 0.29) is 5.75 Å². The van der Waals surface area contributed by atoms with E-state index in [1.165, 1.54) is 6.07 Å². The van der Waals surface area contributed by atoms with Crippen LogP contribution in [0.2, 0.25) is 5.02 Å². The second-order valence-corrected chi connectivity index (χ2v) is 3.73. The van der Waals surface area contributed by atoms with Crippen molar-refractivity contribution in [3.05, 3.63) is 23.2 Å². The summed E-state index contributed by atoms with van der Waals surface area (Å²) < 4.78 is 1.81. The first-order valence-electron chi connectivity index (χ1n) is 4.69. The van der Waals surface area contributed by atoms with Gasteiger partial charge in [-0.05, 0) is 18.2 Å². The average molecular weight is 239 g/mol. The smallest absolute Gasteiger partial charge is 0.224 e. The molecule has 0 bridgehead atoms. The number of aromatic nitrogens is 3. The third-order valence-corrected chi connectivity index (χ3v) is 2.61. The Morgan fingerprint density at radius 3 is 2.69 bits per heavy atom. The minimum absolute atomic E-state index is 0.0569. The number of aromatic hydroxyl groups is 1. The van der Waals surface area contributed by atoms with Crippen molar-refractivity contribution in [1.29, 1.82) is 0 Å². The van der Waals surface area contributed by atoms with Crippen LogP contribution in [0.1, 0.15) is 0 Å². The van der Waals surface area contributed by atoms with Gasteiger partial charge in [0.2, 0.25) is 5.95 Å². The molecule has 0 amide bonds. The third kappa shape index (κ3) is 1.69. The van der Waals surface area contributed by atoms with Crippen molar-refractivity contribution in [3.8, 4) is 17.1 Å². The van der Waals surface area contributed by atoms with Crippen LogP contribution in [0.5, 0.6) is 5.75 Å². The second-order valence-electron chi connectivity index (χ2n) is 3.32. The molecule has 0 aliphatic carbocycles. The van der Waals surface area contributed by atoms with Gasteiger partial charge < -0.3 is 10.4 Å². The summed E-state index contributed by atoms with van der Waals surface area (Å²) in [5.74, 6) is 1.41. The van der Waals surface area contributed by atoms with Crippen LogP contribution in [0.3, 0.4) is 0 Å². The maximum Gasteiger partial charge on any atom is 0.224 e. The van der Waals surface area contributed by atoms with E-state index in [0.717, 1.165) is 5.56 Å². The molecule has 1 heterocycles. The van der Waals surface area contributed by atoms with Crippen molar-refractivity contribution >= 4 is 17.5 Å². The SMILES string of the molecule is CNc1nnc(-c2ccc(O)c(Cl)c2)n1C. The zero-order valence-corrected chi connectivity index (χ0v) is 9.65. The molecule has 2 rings (SSSR count). The minimum Gasteiger partial charge on any atom is -0.506 e. The lowest BCUT2D eigenvalue weighted by molar-refractivity contribution is 0.475. The van der Waals surface area contributed by atoms with Crippen molar-refractivity contribution in [2.75, 3.05) is 12.4 Å². The number of hydrogen-bond acceptors (Lipinski definition) is 4. The number of phenols is 1. The predicted octanol–water partition coefficient (Wildman–Crippen LogP) is 1.88. The topological polar surface area (TPSA) is 63.0 Å². The Morgan fingerprint density at radius 1 is 1.38 bits per heavy atom. The van der Waals surface area contributed by atoms with Crippen LogP contribution in [0.15, 0.2) is 18.2 Å². The normalized spacial score (nSPS) is 10.4. The van der Waals surface area contributed by atoms with E-state index < -0.39 is 0 Å². The Hall–Kier alpha value is -1.75. The van der Waals surface area contributed by atoms with Gasteiger partial charge in [-0.15, -0.1) is 10.2 Å². The summed E-state index contributed by atoms with van der Waals surface area (Å²) >= 11 is 5.83. The van der Waals surface area contributed by atoms with Gasteiger partial charge in [-0.25, -0.2) is 0 Å². The molecule has 0 fully saturated rings. The van der Waals surface area contributed by atoms with Crippen LogP contribution in [0.25, 0.3) is 11.4 Å². The number of nitrogens with zero attached hydrogens (tertiary/aromatic N) is 3. The zero-order chi connectivity index (χ0) is 11.7. The van der Waals surface area contributed by atoms with Crippen LogP contribution >= 0.6 is 11.6 Å². The van der Waals surface area contributed by atoms with E-state index in [0.29, 0.717) is 16.8 Å². The maximum atomic E-state index is 9.32. The number of phenolic OH excluding ortho intramolecular Hbond substituents is 1. The van der Waals surface area contributed by atoms with E-state index in [4.69, 9.17) is 11.6 Å². The molecule has 1 aromatic heterocycles. The highest BCUT2D eigenvalue weighted by Crippen LogP contribution is 2.28. The van der Waals surface area contributed by atoms with E-state index in [9.17, 15) is 5.11 Å². The summed E-state index contributed by atoms with van der Waals surface area (Å²) in [6.07, 6.45) is 0. The van der Waals surface area contributed by atoms with E-state index in [1.807, 2.05) is 11.6 Å². The van der Waals surface area contributed by atoms with Gasteiger partial charge in [-0.1, -0.05) is 11.6 Å². The zero-order valence-electron chi connectivity index (χ0n) is 8.90. The Bertz CT molecular complexity index is 524. The molecule has 5 nitrogen and oxygen atoms in total. The standard InChI is InChI=1S/C10H11ClN4O/c1-12-10-14-13-9(15(10)2)6-3-4-8(16)7(11)5-6/h3-5,16H,1-2H3,(H,12,14). The van der Waals surface area contributed by atoms with E-state index >= 15 is 0 Å². The first kappa shape index (κ1) is 10.8. The summed E-state index contributed by atoms with van der Waals surface area (Å²) in [4.78, 5) is 0. The first-order chi connectivity index (χ1) is 7.63. The molecule has 16 heavy (non-hydrogen) atoms. The van der Waals surface area contributed by atoms with Crippen LogP contribution < -0.4 is 5.32 Å². The summed E-state index contributed by atoms with van der Waals surface area (Å²) in [7, 11) is 3.62. The summed E-state index contributed by atoms with van der Waals surface area (Å²) in [6, 6.07) is 4.93. The predicted molar refractivity (Wildman–Crippen MR) is 62.7 cm³/mol. The molecule has 0 aliphatic heterocycles. The quantitative estimate of drug-likeness (QED) is 0.839. The van der Waals surface area contributed by atoms with Gasteiger partial charge >= 0.3 is 0 Å². The van der Waals surface area contributed by atoms with Crippen LogP contribution in [-0.2, 0) is 7.05 Å². The Morgan fingerprint density at radius 2 is 2.12 bits per heavy atom. The first-order valence-corrected chi connectivity index (χ1v) is 5.07. The summed E-state index contributed by atoms with van der Waals surface area (Å²) in [5.41, 5.74) is 0.805. The van der Waals surface area contributed by atoms with Crippen molar-refractivity contribution in [2.45, 2.75) is 0 Å². The Labute approximate surface area is 97.7 Å². The van der Waals surface area contributed by atoms with Crippen molar-refractivity contribution in [2.24, 2.45) is 7.05 Å². The van der Waals surface area contributed by atoms with Crippen molar-refractivity contribution < 1.29 is 5.11 Å². The summed E-state index contributed by atoms with van der Waals surface area (Å²) in [6.45, 7) is 0. The van der Waals surface area contributed by atoms with E-state index in [1.54, 1.807) is 19.2 Å². The molecular formula is C10H11ClN4O. The largest absolute Gasteiger partial charge is 0.506 e. The number of anilines is 1. The molecule has 0 saturated carbocycles. The Balaban J connectivity index is 2.50. The van der Waals surface area contributed by atoms with Crippen molar-refractivity contribution in [3.63, 3.8) is 0 Å². The summed E-state index contributed by atoms with van der Waals surface area (Å²) in [5, 5.41) is 20.5. The molecule has 0 unspecified atom stereocenters. The third-order valence-electron chi connectivity index (χ3n) is 2.30. The van der Waals surface area contributed by atoms with E-state index in [2.05, 4.69) is 15.5 Å². The van der Waals surface area contributed by atoms with Gasteiger partial charge in [0.1, 0.15) is 5.75 Å². The lowest BCUT2D eigenvalue weighted by atomic mass is 10.2. The van der Waals surface area contributed by atoms with Gasteiger partial charge in [0.15, 0.2) is 5.82 Å². The van der Waals surface area contributed by atoms with Crippen molar-refractivity contribution in [1.82, 2.24) is 14.8 Å². The number of benzene rings is 1. The molecule has 2 N–H and O–H groups in total. The second kappa shape index (κ2) is 4.02. The molecule has 1 aromatic carbocycles. The van der Waals surface area contributed by atoms with Crippen LogP contribution in [0.4, 0.5) is 5.95 Å². The number of halogens is 1. The monoisotopic (exact) mass is 238 g/mol. The Kier molecular flexibility index (Phi) is 2.70. The number of nitrogens with one attached hydrogen (secondary N) is 1. The fourth-order valence-corrected chi connectivity index (χ4v) is 1.62. The van der Waals surface area contributed by atoms with Gasteiger partial charge in [0.05, 0.1) is 5.02 Å². The van der Waals surface area contributed by atoms with Gasteiger partial charge in [-0.3, -0.25) is 4.57 Å². The van der Waals surface area contributed by atoms with Gasteiger partial charge in [-0.2, -0.15) is 0 Å². The molecule has 0 saturated heterocycles. The van der Waals surface area contributed by atoms with Crippen LogP contribution in [-0.4, -0.2) is 26.9 Å². The molecular weight excluding hydrogens is 228 g/mol. The fourth-order valence-electron chi connectivity index (χ4n) is 1.44. The molecule has 6 heteroatoms. The number of hydrogen-bond donors (Lipinski definition) is 2. The highest BCUT2D eigenvalue weighted by Gasteiger charge is 2.10.